The molecule has 8 nitrogen and oxygen atoms in total. The summed E-state index contributed by atoms with van der Waals surface area (Å²) in [6, 6.07) is 9.38. The zero-order valence-corrected chi connectivity index (χ0v) is 17.5. The molecule has 1 atom stereocenters. The second-order valence-electron chi connectivity index (χ2n) is 5.49. The molecule has 2 heterocycles. The first-order chi connectivity index (χ1) is 13.3. The average Bonchev–Trinajstić information content (AvgIpc) is 3.31. The molecule has 1 amide bonds. The lowest BCUT2D eigenvalue weighted by molar-refractivity contribution is -0.384. The fraction of sp³-hybridized carbons (Fsp3) is 0.118. The van der Waals surface area contributed by atoms with Crippen LogP contribution in [0, 0.1) is 10.1 Å². The van der Waals surface area contributed by atoms with Gasteiger partial charge >= 0.3 is 5.97 Å². The van der Waals surface area contributed by atoms with Crippen LogP contribution in [-0.4, -0.2) is 27.9 Å². The number of nitrogens with zero attached hydrogens (tertiary/aromatic N) is 2. The Labute approximate surface area is 175 Å². The number of amides is 1. The molecule has 3 aromatic rings. The standard InChI is InChI=1S/C17H12BrN3O5S2/c1-9(26-16(23)13-5-6-14(18)28-13)15(22)20-17-19-12(8-27-17)10-3-2-4-11(7-10)21(24)25/h2-9H,1H3,(H,19,20,22)/t9-/m1/s1. The highest BCUT2D eigenvalue weighted by atomic mass is 79.9. The molecule has 0 spiro atoms. The van der Waals surface area contributed by atoms with Crippen LogP contribution in [0.15, 0.2) is 45.6 Å². The van der Waals surface area contributed by atoms with Gasteiger partial charge in [0.05, 0.1) is 14.4 Å². The highest BCUT2D eigenvalue weighted by Crippen LogP contribution is 2.28. The van der Waals surface area contributed by atoms with E-state index in [1.54, 1.807) is 29.6 Å². The van der Waals surface area contributed by atoms with Gasteiger partial charge in [-0.3, -0.25) is 20.2 Å². The van der Waals surface area contributed by atoms with Crippen molar-refractivity contribution >= 4 is 61.3 Å². The molecule has 2 aromatic heterocycles. The molecule has 1 aromatic carbocycles. The Morgan fingerprint density at radius 3 is 2.79 bits per heavy atom. The smallest absolute Gasteiger partial charge is 0.349 e. The number of carbonyl (C=O) groups is 2. The van der Waals surface area contributed by atoms with Crippen molar-refractivity contribution in [2.75, 3.05) is 5.32 Å². The zero-order valence-electron chi connectivity index (χ0n) is 14.2. The van der Waals surface area contributed by atoms with Crippen LogP contribution in [0.25, 0.3) is 11.3 Å². The molecular formula is C17H12BrN3O5S2. The van der Waals surface area contributed by atoms with Crippen LogP contribution in [0.4, 0.5) is 10.8 Å². The number of nitro benzene ring substituents is 1. The SMILES string of the molecule is C[C@@H](OC(=O)c1ccc(Br)s1)C(=O)Nc1nc(-c2cccc([N+](=O)[O-])c2)cs1. The molecule has 0 unspecified atom stereocenters. The number of benzene rings is 1. The van der Waals surface area contributed by atoms with Gasteiger partial charge in [0.1, 0.15) is 4.88 Å². The number of nitro groups is 1. The number of thiazole rings is 1. The van der Waals surface area contributed by atoms with E-state index >= 15 is 0 Å². The van der Waals surface area contributed by atoms with Crippen LogP contribution in [0.2, 0.25) is 0 Å². The van der Waals surface area contributed by atoms with Crippen LogP contribution >= 0.6 is 38.6 Å². The summed E-state index contributed by atoms with van der Waals surface area (Å²) in [6.07, 6.45) is -1.02. The summed E-state index contributed by atoms with van der Waals surface area (Å²) in [6.45, 7) is 1.46. The predicted octanol–water partition coefficient (Wildman–Crippen LogP) is 4.73. The van der Waals surface area contributed by atoms with Gasteiger partial charge < -0.3 is 4.74 Å². The van der Waals surface area contributed by atoms with Gasteiger partial charge in [-0.15, -0.1) is 22.7 Å². The number of rotatable bonds is 6. The first-order valence-corrected chi connectivity index (χ1v) is 10.3. The lowest BCUT2D eigenvalue weighted by Crippen LogP contribution is -2.29. The predicted molar refractivity (Wildman–Crippen MR) is 110 cm³/mol. The lowest BCUT2D eigenvalue weighted by Gasteiger charge is -2.11. The summed E-state index contributed by atoms with van der Waals surface area (Å²) in [7, 11) is 0. The van der Waals surface area contributed by atoms with Gasteiger partial charge in [0.25, 0.3) is 11.6 Å². The van der Waals surface area contributed by atoms with Crippen molar-refractivity contribution in [2.45, 2.75) is 13.0 Å². The summed E-state index contributed by atoms with van der Waals surface area (Å²) in [5.74, 6) is -1.11. The minimum Gasteiger partial charge on any atom is -0.448 e. The first-order valence-electron chi connectivity index (χ1n) is 7.81. The molecule has 0 bridgehead atoms. The highest BCUT2D eigenvalue weighted by Gasteiger charge is 2.21. The van der Waals surface area contributed by atoms with E-state index in [0.29, 0.717) is 21.3 Å². The number of aromatic nitrogens is 1. The quantitative estimate of drug-likeness (QED) is 0.309. The summed E-state index contributed by atoms with van der Waals surface area (Å²) in [5.41, 5.74) is 1.02. The molecule has 0 saturated heterocycles. The number of thiophene rings is 1. The summed E-state index contributed by atoms with van der Waals surface area (Å²) < 4.78 is 5.94. The maximum Gasteiger partial charge on any atom is 0.349 e. The van der Waals surface area contributed by atoms with Gasteiger partial charge in [0, 0.05) is 23.1 Å². The molecule has 1 N–H and O–H groups in total. The Kier molecular flexibility index (Phi) is 6.17. The van der Waals surface area contributed by atoms with Crippen LogP contribution in [0.3, 0.4) is 0 Å². The van der Waals surface area contributed by atoms with Gasteiger partial charge in [-0.05, 0) is 35.0 Å². The average molecular weight is 482 g/mol. The molecule has 0 fully saturated rings. The highest BCUT2D eigenvalue weighted by molar-refractivity contribution is 9.11. The Bertz CT molecular complexity index is 1050. The number of carbonyl (C=O) groups excluding carboxylic acids is 2. The van der Waals surface area contributed by atoms with Crippen LogP contribution in [0.1, 0.15) is 16.6 Å². The maximum absolute atomic E-state index is 12.3. The summed E-state index contributed by atoms with van der Waals surface area (Å²) in [4.78, 5) is 39.3. The molecule has 0 aliphatic carbocycles. The molecule has 0 saturated carbocycles. The number of ether oxygens (including phenoxy) is 1. The van der Waals surface area contributed by atoms with E-state index in [2.05, 4.69) is 26.2 Å². The number of nitrogens with one attached hydrogen (secondary N) is 1. The Balaban J connectivity index is 1.64. The summed E-state index contributed by atoms with van der Waals surface area (Å²) >= 11 is 5.64. The zero-order chi connectivity index (χ0) is 20.3. The van der Waals surface area contributed by atoms with E-state index in [1.807, 2.05) is 0 Å². The first kappa shape index (κ1) is 20.1. The van der Waals surface area contributed by atoms with Gasteiger partial charge in [-0.1, -0.05) is 12.1 Å². The normalized spacial score (nSPS) is 11.6. The van der Waals surface area contributed by atoms with E-state index in [-0.39, 0.29) is 5.69 Å². The number of halogens is 1. The third-order valence-electron chi connectivity index (χ3n) is 3.51. The van der Waals surface area contributed by atoms with Crippen molar-refractivity contribution in [3.63, 3.8) is 0 Å². The Morgan fingerprint density at radius 1 is 1.32 bits per heavy atom. The third kappa shape index (κ3) is 4.80. The molecular weight excluding hydrogens is 470 g/mol. The third-order valence-corrected chi connectivity index (χ3v) is 5.88. The Morgan fingerprint density at radius 2 is 2.11 bits per heavy atom. The second-order valence-corrected chi connectivity index (χ2v) is 8.81. The van der Waals surface area contributed by atoms with E-state index < -0.39 is 22.9 Å². The minimum absolute atomic E-state index is 0.0446. The molecule has 11 heteroatoms. The number of non-ortho nitro benzene ring substituents is 1. The van der Waals surface area contributed by atoms with Crippen molar-refractivity contribution in [1.29, 1.82) is 0 Å². The summed E-state index contributed by atoms with van der Waals surface area (Å²) in [5, 5.41) is 15.4. The molecule has 28 heavy (non-hydrogen) atoms. The Hall–Kier alpha value is -2.63. The van der Waals surface area contributed by atoms with Gasteiger partial charge in [0.15, 0.2) is 11.2 Å². The molecule has 144 valence electrons. The largest absolute Gasteiger partial charge is 0.448 e. The van der Waals surface area contributed by atoms with E-state index in [9.17, 15) is 19.7 Å². The van der Waals surface area contributed by atoms with E-state index in [4.69, 9.17) is 4.74 Å². The molecule has 0 aliphatic rings. The second kappa shape index (κ2) is 8.59. The number of hydrogen-bond donors (Lipinski definition) is 1. The van der Waals surface area contributed by atoms with Crippen molar-refractivity contribution in [3.8, 4) is 11.3 Å². The van der Waals surface area contributed by atoms with Crippen molar-refractivity contribution in [1.82, 2.24) is 4.98 Å². The van der Waals surface area contributed by atoms with Crippen LogP contribution in [0.5, 0.6) is 0 Å². The topological polar surface area (TPSA) is 111 Å². The lowest BCUT2D eigenvalue weighted by atomic mass is 10.1. The van der Waals surface area contributed by atoms with Gasteiger partial charge in [0.2, 0.25) is 0 Å². The van der Waals surface area contributed by atoms with Crippen molar-refractivity contribution in [3.05, 3.63) is 60.6 Å². The van der Waals surface area contributed by atoms with Crippen LogP contribution in [-0.2, 0) is 9.53 Å². The maximum atomic E-state index is 12.3. The minimum atomic E-state index is -1.02. The molecule has 0 radical (unpaired) electrons. The van der Waals surface area contributed by atoms with E-state index in [1.165, 1.54) is 41.7 Å². The molecule has 0 aliphatic heterocycles. The van der Waals surface area contributed by atoms with Gasteiger partial charge in [-0.2, -0.15) is 0 Å². The molecule has 3 rings (SSSR count). The number of esters is 1. The number of anilines is 1. The fourth-order valence-electron chi connectivity index (χ4n) is 2.15. The van der Waals surface area contributed by atoms with Crippen molar-refractivity contribution < 1.29 is 19.2 Å². The van der Waals surface area contributed by atoms with E-state index in [0.717, 1.165) is 3.79 Å². The monoisotopic (exact) mass is 481 g/mol. The van der Waals surface area contributed by atoms with Crippen LogP contribution < -0.4 is 5.32 Å². The fourth-order valence-corrected chi connectivity index (χ4v) is 4.14. The van der Waals surface area contributed by atoms with Gasteiger partial charge in [-0.25, -0.2) is 9.78 Å². The number of hydrogen-bond acceptors (Lipinski definition) is 8. The van der Waals surface area contributed by atoms with Crippen molar-refractivity contribution in [2.24, 2.45) is 0 Å².